The van der Waals surface area contributed by atoms with Crippen LogP contribution in [0.3, 0.4) is 0 Å². The van der Waals surface area contributed by atoms with Crippen LogP contribution in [0.25, 0.3) is 0 Å². The summed E-state index contributed by atoms with van der Waals surface area (Å²) in [6.45, 7) is 5.24. The van der Waals surface area contributed by atoms with Crippen LogP contribution in [0.5, 0.6) is 0 Å². The number of nitrogens with zero attached hydrogens (tertiary/aromatic N) is 1. The molecule has 0 saturated carbocycles. The zero-order valence-corrected chi connectivity index (χ0v) is 12.7. The summed E-state index contributed by atoms with van der Waals surface area (Å²) in [4.78, 5) is 36.3. The number of aliphatic carboxylic acids is 1. The lowest BCUT2D eigenvalue weighted by atomic mass is 10.1. The van der Waals surface area contributed by atoms with Gasteiger partial charge in [0.1, 0.15) is 6.04 Å². The third-order valence-electron chi connectivity index (χ3n) is 3.55. The van der Waals surface area contributed by atoms with Gasteiger partial charge in [-0.05, 0) is 25.2 Å². The fourth-order valence-corrected chi connectivity index (χ4v) is 2.29. The largest absolute Gasteiger partial charge is 0.480 e. The summed E-state index contributed by atoms with van der Waals surface area (Å²) in [6, 6.07) is -1.48. The van der Waals surface area contributed by atoms with E-state index in [2.05, 4.69) is 10.6 Å². The lowest BCUT2D eigenvalue weighted by molar-refractivity contribution is -0.140. The summed E-state index contributed by atoms with van der Waals surface area (Å²) in [5.41, 5.74) is 0. The van der Waals surface area contributed by atoms with Gasteiger partial charge >= 0.3 is 12.0 Å². The standard InChI is InChI=1S/C14H25N3O4/c1-10(2)12(13(19)20)16-14(21)15-7-6-11(18)17-8-4-3-5-9-17/h10,12H,3-9H2,1-2H3,(H,19,20)(H2,15,16,21)/t12-/m0/s1. The normalized spacial score (nSPS) is 16.4. The smallest absolute Gasteiger partial charge is 0.326 e. The maximum Gasteiger partial charge on any atom is 0.326 e. The first-order valence-electron chi connectivity index (χ1n) is 7.46. The fraction of sp³-hybridized carbons (Fsp3) is 0.786. The highest BCUT2D eigenvalue weighted by molar-refractivity contribution is 5.83. The molecule has 1 fully saturated rings. The van der Waals surface area contributed by atoms with Crippen LogP contribution < -0.4 is 10.6 Å². The van der Waals surface area contributed by atoms with Gasteiger partial charge in [-0.1, -0.05) is 13.8 Å². The molecule has 0 aromatic rings. The van der Waals surface area contributed by atoms with Crippen molar-refractivity contribution in [2.45, 2.75) is 45.6 Å². The van der Waals surface area contributed by atoms with Gasteiger partial charge in [-0.3, -0.25) is 4.79 Å². The third kappa shape index (κ3) is 6.01. The molecular weight excluding hydrogens is 274 g/mol. The number of carboxylic acid groups (broad SMARTS) is 1. The Morgan fingerprint density at radius 1 is 1.14 bits per heavy atom. The van der Waals surface area contributed by atoms with Crippen molar-refractivity contribution >= 4 is 17.9 Å². The number of likely N-dealkylation sites (tertiary alicyclic amines) is 1. The van der Waals surface area contributed by atoms with Gasteiger partial charge < -0.3 is 20.6 Å². The Labute approximate surface area is 125 Å². The minimum atomic E-state index is -1.07. The highest BCUT2D eigenvalue weighted by atomic mass is 16.4. The maximum absolute atomic E-state index is 11.9. The highest BCUT2D eigenvalue weighted by Gasteiger charge is 2.23. The molecule has 0 unspecified atom stereocenters. The first-order chi connectivity index (χ1) is 9.91. The van der Waals surface area contributed by atoms with Gasteiger partial charge in [0.15, 0.2) is 0 Å². The van der Waals surface area contributed by atoms with Crippen LogP contribution in [0.15, 0.2) is 0 Å². The topological polar surface area (TPSA) is 98.7 Å². The van der Waals surface area contributed by atoms with Gasteiger partial charge in [-0.2, -0.15) is 0 Å². The average molecular weight is 299 g/mol. The molecule has 1 atom stereocenters. The SMILES string of the molecule is CC(C)[C@H](NC(=O)NCCC(=O)N1CCCCC1)C(=O)O. The van der Waals surface area contributed by atoms with Crippen LogP contribution in [0.4, 0.5) is 4.79 Å². The van der Waals surface area contributed by atoms with Crippen molar-refractivity contribution in [1.29, 1.82) is 0 Å². The Kier molecular flexibility index (Phi) is 6.98. The second-order valence-electron chi connectivity index (χ2n) is 5.65. The van der Waals surface area contributed by atoms with Gasteiger partial charge in [0.25, 0.3) is 0 Å². The van der Waals surface area contributed by atoms with Crippen molar-refractivity contribution in [1.82, 2.24) is 15.5 Å². The molecule has 0 spiro atoms. The summed E-state index contributed by atoms with van der Waals surface area (Å²) in [6.07, 6.45) is 3.48. The van der Waals surface area contributed by atoms with E-state index < -0.39 is 18.0 Å². The third-order valence-corrected chi connectivity index (χ3v) is 3.55. The first kappa shape index (κ1) is 17.3. The predicted molar refractivity (Wildman–Crippen MR) is 77.8 cm³/mol. The molecule has 0 aliphatic carbocycles. The Morgan fingerprint density at radius 2 is 1.76 bits per heavy atom. The summed E-state index contributed by atoms with van der Waals surface area (Å²) in [7, 11) is 0. The molecule has 120 valence electrons. The van der Waals surface area contributed by atoms with Crippen LogP contribution >= 0.6 is 0 Å². The number of urea groups is 1. The minimum absolute atomic E-state index is 0.0358. The van der Waals surface area contributed by atoms with Crippen molar-refractivity contribution in [2.75, 3.05) is 19.6 Å². The highest BCUT2D eigenvalue weighted by Crippen LogP contribution is 2.09. The quantitative estimate of drug-likeness (QED) is 0.675. The van der Waals surface area contributed by atoms with Crippen molar-refractivity contribution in [3.8, 4) is 0 Å². The number of carbonyl (C=O) groups excluding carboxylic acids is 2. The van der Waals surface area contributed by atoms with E-state index in [1.165, 1.54) is 0 Å². The Bertz CT molecular complexity index is 378. The van der Waals surface area contributed by atoms with Crippen LogP contribution in [-0.2, 0) is 9.59 Å². The van der Waals surface area contributed by atoms with E-state index in [4.69, 9.17) is 5.11 Å². The molecule has 1 aliphatic heterocycles. The van der Waals surface area contributed by atoms with Crippen molar-refractivity contribution < 1.29 is 19.5 Å². The molecule has 7 nitrogen and oxygen atoms in total. The number of amides is 3. The Hall–Kier alpha value is -1.79. The lowest BCUT2D eigenvalue weighted by Gasteiger charge is -2.26. The van der Waals surface area contributed by atoms with E-state index in [1.807, 2.05) is 4.90 Å². The van der Waals surface area contributed by atoms with E-state index in [-0.39, 0.29) is 24.8 Å². The van der Waals surface area contributed by atoms with Crippen LogP contribution in [0.2, 0.25) is 0 Å². The van der Waals surface area contributed by atoms with Crippen LogP contribution in [-0.4, -0.2) is 53.6 Å². The average Bonchev–Trinajstić information content (AvgIpc) is 2.45. The second-order valence-corrected chi connectivity index (χ2v) is 5.65. The van der Waals surface area contributed by atoms with Gasteiger partial charge in [-0.15, -0.1) is 0 Å². The first-order valence-corrected chi connectivity index (χ1v) is 7.46. The van der Waals surface area contributed by atoms with Crippen LogP contribution in [0, 0.1) is 5.92 Å². The number of carbonyl (C=O) groups is 3. The summed E-state index contributed by atoms with van der Waals surface area (Å²) in [5, 5.41) is 13.9. The number of nitrogens with one attached hydrogen (secondary N) is 2. The van der Waals surface area contributed by atoms with E-state index in [9.17, 15) is 14.4 Å². The second kappa shape index (κ2) is 8.49. The predicted octanol–water partition coefficient (Wildman–Crippen LogP) is 0.797. The monoisotopic (exact) mass is 299 g/mol. The molecule has 3 amide bonds. The molecule has 0 aromatic heterocycles. The molecule has 21 heavy (non-hydrogen) atoms. The zero-order valence-electron chi connectivity index (χ0n) is 12.7. The zero-order chi connectivity index (χ0) is 15.8. The molecule has 3 N–H and O–H groups in total. The van der Waals surface area contributed by atoms with Gasteiger partial charge in [0.2, 0.25) is 5.91 Å². The molecule has 1 rings (SSSR count). The number of hydrogen-bond donors (Lipinski definition) is 3. The maximum atomic E-state index is 11.9. The van der Waals surface area contributed by atoms with E-state index in [0.29, 0.717) is 0 Å². The van der Waals surface area contributed by atoms with Crippen molar-refractivity contribution in [3.05, 3.63) is 0 Å². The van der Waals surface area contributed by atoms with Gasteiger partial charge in [-0.25, -0.2) is 9.59 Å². The summed E-state index contributed by atoms with van der Waals surface area (Å²) < 4.78 is 0. The van der Waals surface area contributed by atoms with E-state index in [0.717, 1.165) is 32.4 Å². The fourth-order valence-electron chi connectivity index (χ4n) is 2.29. The number of hydrogen-bond acceptors (Lipinski definition) is 3. The van der Waals surface area contributed by atoms with Crippen LogP contribution in [0.1, 0.15) is 39.5 Å². The van der Waals surface area contributed by atoms with Crippen molar-refractivity contribution in [2.24, 2.45) is 5.92 Å². The van der Waals surface area contributed by atoms with E-state index in [1.54, 1.807) is 13.8 Å². The Balaban J connectivity index is 2.26. The molecule has 1 saturated heterocycles. The summed E-state index contributed by atoms with van der Waals surface area (Å²) >= 11 is 0. The Morgan fingerprint density at radius 3 is 2.29 bits per heavy atom. The number of piperidine rings is 1. The lowest BCUT2D eigenvalue weighted by Crippen LogP contribution is -2.49. The van der Waals surface area contributed by atoms with E-state index >= 15 is 0 Å². The van der Waals surface area contributed by atoms with Gasteiger partial charge in [0, 0.05) is 26.1 Å². The molecule has 7 heteroatoms. The molecule has 1 heterocycles. The summed E-state index contributed by atoms with van der Waals surface area (Å²) in [5.74, 6) is -1.23. The number of carboxylic acids is 1. The molecule has 1 aliphatic rings. The number of rotatable bonds is 6. The molecule has 0 bridgehead atoms. The van der Waals surface area contributed by atoms with Crippen molar-refractivity contribution in [3.63, 3.8) is 0 Å². The molecule has 0 radical (unpaired) electrons. The van der Waals surface area contributed by atoms with Gasteiger partial charge in [0.05, 0.1) is 0 Å². The molecular formula is C14H25N3O4. The minimum Gasteiger partial charge on any atom is -0.480 e. The molecule has 0 aromatic carbocycles.